The van der Waals surface area contributed by atoms with Crippen LogP contribution in [0.5, 0.6) is 0 Å². The van der Waals surface area contributed by atoms with Gasteiger partial charge in [0.15, 0.2) is 0 Å². The molecule has 0 unspecified atom stereocenters. The second-order valence-electron chi connectivity index (χ2n) is 16.1. The molecule has 0 amide bonds. The maximum atomic E-state index is 2.50. The van der Waals surface area contributed by atoms with Crippen molar-refractivity contribution < 1.29 is 0 Å². The van der Waals surface area contributed by atoms with Crippen LogP contribution in [0.2, 0.25) is 0 Å². The van der Waals surface area contributed by atoms with Gasteiger partial charge >= 0.3 is 0 Å². The predicted octanol–water partition coefficient (Wildman–Crippen LogP) is 14.4. The average Bonchev–Trinajstić information content (AvgIpc) is 3.58. The third-order valence-corrected chi connectivity index (χ3v) is 12.5. The number of hydrogen-bond acceptors (Lipinski definition) is 1. The molecule has 0 heterocycles. The van der Waals surface area contributed by atoms with E-state index in [1.165, 1.54) is 93.3 Å². The summed E-state index contributed by atoms with van der Waals surface area (Å²) in [5, 5.41) is 10.4. The number of hydrogen-bond donors (Lipinski definition) is 0. The van der Waals surface area contributed by atoms with E-state index in [0.717, 1.165) is 11.4 Å². The highest BCUT2D eigenvalue weighted by Crippen LogP contribution is 2.57. The van der Waals surface area contributed by atoms with Crippen molar-refractivity contribution >= 4 is 60.2 Å². The highest BCUT2D eigenvalue weighted by Gasteiger charge is 2.40. The minimum atomic E-state index is -0.179. The van der Waals surface area contributed by atoms with E-state index in [-0.39, 0.29) is 10.8 Å². The molecule has 0 saturated heterocycles. The lowest BCUT2D eigenvalue weighted by atomic mass is 9.79. The van der Waals surface area contributed by atoms with Crippen molar-refractivity contribution in [2.75, 3.05) is 4.90 Å². The Morgan fingerprint density at radius 2 is 0.887 bits per heavy atom. The molecule has 9 aromatic rings. The quantitative estimate of drug-likeness (QED) is 0.180. The summed E-state index contributed by atoms with van der Waals surface area (Å²) >= 11 is 0. The maximum Gasteiger partial charge on any atom is 0.0543 e. The third kappa shape index (κ3) is 4.08. The van der Waals surface area contributed by atoms with Crippen LogP contribution >= 0.6 is 0 Å². The Morgan fingerprint density at radius 3 is 1.62 bits per heavy atom. The van der Waals surface area contributed by atoms with Crippen LogP contribution in [0.4, 0.5) is 17.1 Å². The second kappa shape index (κ2) is 10.7. The lowest BCUT2D eigenvalue weighted by Gasteiger charge is -2.30. The van der Waals surface area contributed by atoms with E-state index >= 15 is 0 Å². The van der Waals surface area contributed by atoms with Gasteiger partial charge in [0.2, 0.25) is 0 Å². The number of para-hydroxylation sites is 1. The molecule has 1 nitrogen and oxygen atoms in total. The number of anilines is 3. The molecule has 252 valence electrons. The van der Waals surface area contributed by atoms with Crippen molar-refractivity contribution in [3.63, 3.8) is 0 Å². The van der Waals surface area contributed by atoms with Crippen LogP contribution in [-0.2, 0) is 10.8 Å². The maximum absolute atomic E-state index is 2.50. The molecule has 2 aliphatic rings. The molecule has 0 aliphatic heterocycles. The van der Waals surface area contributed by atoms with Gasteiger partial charge in [-0.2, -0.15) is 0 Å². The lowest BCUT2D eigenvalue weighted by Crippen LogP contribution is -2.17. The van der Waals surface area contributed by atoms with E-state index in [1.54, 1.807) is 0 Å². The van der Waals surface area contributed by atoms with Crippen molar-refractivity contribution in [3.8, 4) is 22.3 Å². The molecule has 0 saturated carbocycles. The van der Waals surface area contributed by atoms with Gasteiger partial charge in [0.05, 0.1) is 5.69 Å². The van der Waals surface area contributed by atoms with Crippen molar-refractivity contribution in [2.45, 2.75) is 38.5 Å². The molecule has 53 heavy (non-hydrogen) atoms. The van der Waals surface area contributed by atoms with Crippen LogP contribution in [-0.4, -0.2) is 0 Å². The first-order valence-corrected chi connectivity index (χ1v) is 18.9. The molecule has 2 aliphatic carbocycles. The number of fused-ring (bicyclic) bond motifs is 14. The van der Waals surface area contributed by atoms with E-state index in [4.69, 9.17) is 0 Å². The smallest absolute Gasteiger partial charge is 0.0543 e. The van der Waals surface area contributed by atoms with E-state index in [1.807, 2.05) is 0 Å². The standard InChI is InChI=1S/C52H39N/c1-51(2)44-29-24-32-14-8-10-18-37(32)47(44)42-27-23-34-30-36(25-28-39(34)50(42)51)53(35-16-6-5-7-17-35)46-31-45-48(41-21-13-12-20-40(41)46)43-26-22-33-15-9-11-19-38(33)49(43)52(45,3)4/h5-31H,1-4H3. The molecular weight excluding hydrogens is 639 g/mol. The minimum absolute atomic E-state index is 0.115. The summed E-state index contributed by atoms with van der Waals surface area (Å²) in [6.45, 7) is 9.62. The fourth-order valence-electron chi connectivity index (χ4n) is 10.2. The van der Waals surface area contributed by atoms with Crippen LogP contribution < -0.4 is 4.90 Å². The number of rotatable bonds is 3. The van der Waals surface area contributed by atoms with Crippen LogP contribution in [0.15, 0.2) is 164 Å². The zero-order valence-corrected chi connectivity index (χ0v) is 30.5. The summed E-state index contributed by atoms with van der Waals surface area (Å²) in [6, 6.07) is 61.3. The minimum Gasteiger partial charge on any atom is -0.310 e. The van der Waals surface area contributed by atoms with Gasteiger partial charge in [0, 0.05) is 27.6 Å². The Bertz CT molecular complexity index is 3000. The van der Waals surface area contributed by atoms with Gasteiger partial charge in [-0.05, 0) is 113 Å². The topological polar surface area (TPSA) is 3.24 Å². The Kier molecular flexibility index (Phi) is 6.14. The first kappa shape index (κ1) is 30.4. The molecule has 9 aromatic carbocycles. The normalized spacial score (nSPS) is 14.7. The van der Waals surface area contributed by atoms with Crippen LogP contribution in [0, 0.1) is 0 Å². The first-order valence-electron chi connectivity index (χ1n) is 18.9. The summed E-state index contributed by atoms with van der Waals surface area (Å²) in [4.78, 5) is 2.49. The van der Waals surface area contributed by atoms with Gasteiger partial charge in [0.25, 0.3) is 0 Å². The van der Waals surface area contributed by atoms with Crippen LogP contribution in [0.3, 0.4) is 0 Å². The molecular formula is C52H39N. The SMILES string of the molecule is CC1(C)c2ccc3ccccc3c2-c2ccc3cc(N(c4ccccc4)c4cc5c(c6ccccc46)-c4ccc6ccccc6c4C5(C)C)ccc3c21. The number of benzene rings is 9. The monoisotopic (exact) mass is 677 g/mol. The fourth-order valence-corrected chi connectivity index (χ4v) is 10.2. The summed E-state index contributed by atoms with van der Waals surface area (Å²) < 4.78 is 0. The van der Waals surface area contributed by atoms with Gasteiger partial charge in [0.1, 0.15) is 0 Å². The summed E-state index contributed by atoms with van der Waals surface area (Å²) in [6.07, 6.45) is 0. The summed E-state index contributed by atoms with van der Waals surface area (Å²) in [7, 11) is 0. The van der Waals surface area contributed by atoms with Gasteiger partial charge in [-0.15, -0.1) is 0 Å². The van der Waals surface area contributed by atoms with Crippen LogP contribution in [0.25, 0.3) is 65.3 Å². The molecule has 0 fully saturated rings. The molecule has 0 N–H and O–H groups in total. The number of nitrogens with zero attached hydrogens (tertiary/aromatic N) is 1. The zero-order valence-electron chi connectivity index (χ0n) is 30.5. The van der Waals surface area contributed by atoms with Crippen LogP contribution in [0.1, 0.15) is 49.9 Å². The van der Waals surface area contributed by atoms with Crippen molar-refractivity contribution in [3.05, 3.63) is 186 Å². The van der Waals surface area contributed by atoms with E-state index < -0.39 is 0 Å². The highest BCUT2D eigenvalue weighted by atomic mass is 15.1. The summed E-state index contributed by atoms with van der Waals surface area (Å²) in [5.74, 6) is 0. The molecule has 0 radical (unpaired) electrons. The Morgan fingerprint density at radius 1 is 0.358 bits per heavy atom. The molecule has 11 rings (SSSR count). The Balaban J connectivity index is 1.15. The summed E-state index contributed by atoms with van der Waals surface area (Å²) in [5.41, 5.74) is 14.3. The van der Waals surface area contributed by atoms with Gasteiger partial charge in [-0.3, -0.25) is 0 Å². The largest absolute Gasteiger partial charge is 0.310 e. The van der Waals surface area contributed by atoms with Crippen molar-refractivity contribution in [1.82, 2.24) is 0 Å². The van der Waals surface area contributed by atoms with Gasteiger partial charge < -0.3 is 4.90 Å². The Hall–Kier alpha value is -6.18. The molecule has 0 bridgehead atoms. The Labute approximate surface area is 310 Å². The molecule has 0 aromatic heterocycles. The fraction of sp³-hybridized carbons (Fsp3) is 0.115. The highest BCUT2D eigenvalue weighted by molar-refractivity contribution is 6.13. The average molecular weight is 678 g/mol. The van der Waals surface area contributed by atoms with Crippen molar-refractivity contribution in [2.24, 2.45) is 0 Å². The van der Waals surface area contributed by atoms with E-state index in [0.29, 0.717) is 0 Å². The van der Waals surface area contributed by atoms with E-state index in [9.17, 15) is 0 Å². The zero-order chi connectivity index (χ0) is 35.6. The molecule has 0 spiro atoms. The van der Waals surface area contributed by atoms with Gasteiger partial charge in [-0.1, -0.05) is 161 Å². The third-order valence-electron chi connectivity index (χ3n) is 12.5. The molecule has 1 heteroatoms. The lowest BCUT2D eigenvalue weighted by molar-refractivity contribution is 0.666. The molecule has 0 atom stereocenters. The predicted molar refractivity (Wildman–Crippen MR) is 226 cm³/mol. The second-order valence-corrected chi connectivity index (χ2v) is 16.1. The van der Waals surface area contributed by atoms with E-state index in [2.05, 4.69) is 196 Å². The van der Waals surface area contributed by atoms with Gasteiger partial charge in [-0.25, -0.2) is 0 Å². The first-order chi connectivity index (χ1) is 25.8. The van der Waals surface area contributed by atoms with Crippen molar-refractivity contribution in [1.29, 1.82) is 0 Å².